The molecule has 0 radical (unpaired) electrons. The molecule has 20 heavy (non-hydrogen) atoms. The molecule has 0 aromatic carbocycles. The van der Waals surface area contributed by atoms with E-state index < -0.39 is 0 Å². The van der Waals surface area contributed by atoms with E-state index in [9.17, 15) is 0 Å². The van der Waals surface area contributed by atoms with Crippen LogP contribution in [0.1, 0.15) is 18.7 Å². The maximum absolute atomic E-state index is 5.88. The highest BCUT2D eigenvalue weighted by atomic mass is 32.1. The van der Waals surface area contributed by atoms with Crippen molar-refractivity contribution in [1.82, 2.24) is 14.9 Å². The van der Waals surface area contributed by atoms with Gasteiger partial charge >= 0.3 is 0 Å². The SMILES string of the molecule is Cc1cc2c(N3CCN(C)C(C)(C)C3)nc(N)nc2s1. The summed E-state index contributed by atoms with van der Waals surface area (Å²) >= 11 is 1.68. The third-order valence-electron chi connectivity index (χ3n) is 4.13. The van der Waals surface area contributed by atoms with E-state index in [2.05, 4.69) is 53.7 Å². The number of rotatable bonds is 1. The van der Waals surface area contributed by atoms with Gasteiger partial charge in [0.05, 0.1) is 5.39 Å². The molecule has 5 nitrogen and oxygen atoms in total. The van der Waals surface area contributed by atoms with Gasteiger partial charge in [0.1, 0.15) is 10.6 Å². The number of nitrogens with zero attached hydrogens (tertiary/aromatic N) is 4. The largest absolute Gasteiger partial charge is 0.368 e. The van der Waals surface area contributed by atoms with Crippen molar-refractivity contribution >= 4 is 33.3 Å². The van der Waals surface area contributed by atoms with Crippen molar-refractivity contribution in [3.05, 3.63) is 10.9 Å². The van der Waals surface area contributed by atoms with Crippen molar-refractivity contribution in [2.75, 3.05) is 37.3 Å². The molecule has 0 amide bonds. The molecule has 0 unspecified atom stereocenters. The fraction of sp³-hybridized carbons (Fsp3) is 0.571. The van der Waals surface area contributed by atoms with Crippen LogP contribution < -0.4 is 10.6 Å². The van der Waals surface area contributed by atoms with Crippen LogP contribution in [0.3, 0.4) is 0 Å². The first-order valence-corrected chi connectivity index (χ1v) is 7.68. The van der Waals surface area contributed by atoms with Gasteiger partial charge in [0, 0.05) is 30.1 Å². The van der Waals surface area contributed by atoms with Crippen molar-refractivity contribution in [1.29, 1.82) is 0 Å². The number of hydrogen-bond acceptors (Lipinski definition) is 6. The van der Waals surface area contributed by atoms with Crippen LogP contribution in [0, 0.1) is 6.92 Å². The van der Waals surface area contributed by atoms with Crippen molar-refractivity contribution in [3.8, 4) is 0 Å². The van der Waals surface area contributed by atoms with Crippen molar-refractivity contribution in [2.45, 2.75) is 26.3 Å². The van der Waals surface area contributed by atoms with Gasteiger partial charge in [-0.3, -0.25) is 4.90 Å². The number of anilines is 2. The lowest BCUT2D eigenvalue weighted by Gasteiger charge is -2.45. The molecule has 2 N–H and O–H groups in total. The summed E-state index contributed by atoms with van der Waals surface area (Å²) in [5.74, 6) is 1.35. The predicted octanol–water partition coefficient (Wildman–Crippen LogP) is 2.11. The maximum Gasteiger partial charge on any atom is 0.223 e. The number of nitrogen functional groups attached to an aromatic ring is 1. The fourth-order valence-electron chi connectivity index (χ4n) is 2.70. The topological polar surface area (TPSA) is 58.3 Å². The third kappa shape index (κ3) is 2.23. The summed E-state index contributed by atoms with van der Waals surface area (Å²) in [4.78, 5) is 15.8. The zero-order valence-electron chi connectivity index (χ0n) is 12.5. The number of fused-ring (bicyclic) bond motifs is 1. The third-order valence-corrected chi connectivity index (χ3v) is 5.07. The Bertz CT molecular complexity index is 648. The highest BCUT2D eigenvalue weighted by Crippen LogP contribution is 2.33. The quantitative estimate of drug-likeness (QED) is 0.872. The molecule has 0 spiro atoms. The van der Waals surface area contributed by atoms with Crippen LogP contribution in [-0.4, -0.2) is 47.1 Å². The minimum absolute atomic E-state index is 0.134. The molecule has 3 heterocycles. The Kier molecular flexibility index (Phi) is 3.10. The van der Waals surface area contributed by atoms with Crippen LogP contribution in [0.15, 0.2) is 6.07 Å². The lowest BCUT2D eigenvalue weighted by molar-refractivity contribution is 0.138. The number of piperazine rings is 1. The van der Waals surface area contributed by atoms with E-state index >= 15 is 0 Å². The van der Waals surface area contributed by atoms with Gasteiger partial charge < -0.3 is 10.6 Å². The van der Waals surface area contributed by atoms with E-state index in [0.717, 1.165) is 35.7 Å². The van der Waals surface area contributed by atoms with E-state index in [1.165, 1.54) is 4.88 Å². The van der Waals surface area contributed by atoms with E-state index in [4.69, 9.17) is 5.73 Å². The molecule has 1 aliphatic heterocycles. The van der Waals surface area contributed by atoms with Crippen LogP contribution in [0.4, 0.5) is 11.8 Å². The van der Waals surface area contributed by atoms with Crippen LogP contribution in [-0.2, 0) is 0 Å². The summed E-state index contributed by atoms with van der Waals surface area (Å²) in [5.41, 5.74) is 6.02. The van der Waals surface area contributed by atoms with Crippen LogP contribution >= 0.6 is 11.3 Å². The van der Waals surface area contributed by atoms with Gasteiger partial charge in [-0.05, 0) is 33.9 Å². The Morgan fingerprint density at radius 2 is 2.05 bits per heavy atom. The van der Waals surface area contributed by atoms with Crippen LogP contribution in [0.5, 0.6) is 0 Å². The van der Waals surface area contributed by atoms with Gasteiger partial charge in [0.15, 0.2) is 0 Å². The maximum atomic E-state index is 5.88. The zero-order valence-corrected chi connectivity index (χ0v) is 13.3. The molecule has 1 fully saturated rings. The second-order valence-corrected chi connectivity index (χ2v) is 7.37. The van der Waals surface area contributed by atoms with Crippen molar-refractivity contribution in [3.63, 3.8) is 0 Å². The second kappa shape index (κ2) is 4.56. The first-order chi connectivity index (χ1) is 9.37. The molecule has 0 aliphatic carbocycles. The van der Waals surface area contributed by atoms with Gasteiger partial charge in [-0.1, -0.05) is 0 Å². The number of hydrogen-bond donors (Lipinski definition) is 1. The average molecular weight is 291 g/mol. The van der Waals surface area contributed by atoms with E-state index in [1.807, 2.05) is 0 Å². The van der Waals surface area contributed by atoms with Crippen LogP contribution in [0.25, 0.3) is 10.2 Å². The van der Waals surface area contributed by atoms with Gasteiger partial charge in [-0.2, -0.15) is 4.98 Å². The number of thiophene rings is 1. The van der Waals surface area contributed by atoms with Crippen molar-refractivity contribution in [2.24, 2.45) is 0 Å². The summed E-state index contributed by atoms with van der Waals surface area (Å²) in [6.45, 7) is 9.58. The molecule has 3 rings (SSSR count). The Morgan fingerprint density at radius 1 is 1.30 bits per heavy atom. The molecule has 1 aliphatic rings. The number of nitrogens with two attached hydrogens (primary N) is 1. The first kappa shape index (κ1) is 13.6. The highest BCUT2D eigenvalue weighted by molar-refractivity contribution is 7.18. The molecular formula is C14H21N5S. The lowest BCUT2D eigenvalue weighted by atomic mass is 9.99. The molecule has 1 saturated heterocycles. The Labute approximate surface area is 123 Å². The molecule has 6 heteroatoms. The molecule has 108 valence electrons. The smallest absolute Gasteiger partial charge is 0.223 e. The molecule has 2 aromatic heterocycles. The van der Waals surface area contributed by atoms with E-state index in [-0.39, 0.29) is 5.54 Å². The normalized spacial score (nSPS) is 19.7. The summed E-state index contributed by atoms with van der Waals surface area (Å²) in [6, 6.07) is 2.17. The number of aromatic nitrogens is 2. The fourth-order valence-corrected chi connectivity index (χ4v) is 3.59. The minimum Gasteiger partial charge on any atom is -0.368 e. The monoisotopic (exact) mass is 291 g/mol. The highest BCUT2D eigenvalue weighted by Gasteiger charge is 2.32. The Balaban J connectivity index is 2.06. The zero-order chi connectivity index (χ0) is 14.5. The average Bonchev–Trinajstić information content (AvgIpc) is 2.71. The summed E-state index contributed by atoms with van der Waals surface area (Å²) in [6.07, 6.45) is 0. The molecule has 0 atom stereocenters. The van der Waals surface area contributed by atoms with E-state index in [1.54, 1.807) is 11.3 Å². The standard InChI is InChI=1S/C14H21N5S/c1-9-7-10-11(16-13(15)17-12(10)20-9)19-6-5-18(4)14(2,3)8-19/h7H,5-6,8H2,1-4H3,(H2,15,16,17). The van der Waals surface area contributed by atoms with Crippen molar-refractivity contribution < 1.29 is 0 Å². The van der Waals surface area contributed by atoms with Gasteiger partial charge in [-0.15, -0.1) is 11.3 Å². The summed E-state index contributed by atoms with van der Waals surface area (Å²) in [5, 5.41) is 1.13. The van der Waals surface area contributed by atoms with Gasteiger partial charge in [0.25, 0.3) is 0 Å². The molecule has 2 aromatic rings. The molecule has 0 saturated carbocycles. The predicted molar refractivity (Wildman–Crippen MR) is 85.5 cm³/mol. The van der Waals surface area contributed by atoms with E-state index in [0.29, 0.717) is 5.95 Å². The van der Waals surface area contributed by atoms with Crippen LogP contribution in [0.2, 0.25) is 0 Å². The Hall–Kier alpha value is -1.40. The minimum atomic E-state index is 0.134. The Morgan fingerprint density at radius 3 is 2.75 bits per heavy atom. The molecular weight excluding hydrogens is 270 g/mol. The van der Waals surface area contributed by atoms with Gasteiger partial charge in [0.2, 0.25) is 5.95 Å². The number of aryl methyl sites for hydroxylation is 1. The van der Waals surface area contributed by atoms with Gasteiger partial charge in [-0.25, -0.2) is 4.98 Å². The summed E-state index contributed by atoms with van der Waals surface area (Å²) < 4.78 is 0. The second-order valence-electron chi connectivity index (χ2n) is 6.14. The number of likely N-dealkylation sites (N-methyl/N-ethyl adjacent to an activating group) is 1. The first-order valence-electron chi connectivity index (χ1n) is 6.87. The summed E-state index contributed by atoms with van der Waals surface area (Å²) in [7, 11) is 2.18. The molecule has 0 bridgehead atoms. The lowest BCUT2D eigenvalue weighted by Crippen LogP contribution is -2.58.